The molecule has 0 aliphatic carbocycles. The zero-order valence-electron chi connectivity index (χ0n) is 12.6. The molecule has 1 aliphatic heterocycles. The van der Waals surface area contributed by atoms with E-state index in [0.29, 0.717) is 4.47 Å². The third kappa shape index (κ3) is 3.82. The molecule has 5 heteroatoms. The van der Waals surface area contributed by atoms with E-state index < -0.39 is 11.6 Å². The highest BCUT2D eigenvalue weighted by Crippen LogP contribution is 2.37. The number of halogens is 3. The van der Waals surface area contributed by atoms with Crippen LogP contribution in [0.25, 0.3) is 0 Å². The molecule has 1 heterocycles. The summed E-state index contributed by atoms with van der Waals surface area (Å²) in [7, 11) is 0. The smallest absolute Gasteiger partial charge is 0.145 e. The molecule has 0 bridgehead atoms. The molecule has 0 spiro atoms. The Morgan fingerprint density at radius 2 is 1.95 bits per heavy atom. The highest BCUT2D eigenvalue weighted by atomic mass is 79.9. The van der Waals surface area contributed by atoms with Crippen molar-refractivity contribution in [2.24, 2.45) is 5.92 Å². The van der Waals surface area contributed by atoms with Crippen LogP contribution in [0.4, 0.5) is 8.78 Å². The first-order chi connectivity index (χ1) is 10.1. The molecule has 1 saturated heterocycles. The second kappa shape index (κ2) is 7.65. The minimum atomic E-state index is -0.457. The molecular formula is C16H23BrF2N2. The van der Waals surface area contributed by atoms with Crippen molar-refractivity contribution >= 4 is 15.9 Å². The minimum absolute atomic E-state index is 0.204. The van der Waals surface area contributed by atoms with Crippen molar-refractivity contribution < 1.29 is 8.78 Å². The maximum absolute atomic E-state index is 14.5. The highest BCUT2D eigenvalue weighted by Gasteiger charge is 2.32. The number of rotatable bonds is 5. The van der Waals surface area contributed by atoms with Crippen molar-refractivity contribution in [3.05, 3.63) is 33.8 Å². The Hall–Kier alpha value is -0.520. The summed E-state index contributed by atoms with van der Waals surface area (Å²) in [5, 5.41) is 3.29. The van der Waals surface area contributed by atoms with Gasteiger partial charge < -0.3 is 5.32 Å². The normalized spacial score (nSPS) is 19.5. The molecule has 21 heavy (non-hydrogen) atoms. The van der Waals surface area contributed by atoms with E-state index in [9.17, 15) is 8.78 Å². The van der Waals surface area contributed by atoms with E-state index in [0.717, 1.165) is 39.0 Å². The van der Waals surface area contributed by atoms with Crippen molar-refractivity contribution in [2.75, 3.05) is 26.2 Å². The largest absolute Gasteiger partial charge is 0.314 e. The fourth-order valence-electron chi connectivity index (χ4n) is 3.21. The average Bonchev–Trinajstić information content (AvgIpc) is 2.48. The molecule has 2 atom stereocenters. The topological polar surface area (TPSA) is 15.3 Å². The van der Waals surface area contributed by atoms with Crippen LogP contribution in [0.3, 0.4) is 0 Å². The molecule has 1 aromatic carbocycles. The van der Waals surface area contributed by atoms with Gasteiger partial charge in [-0.3, -0.25) is 4.90 Å². The molecule has 0 aromatic heterocycles. The number of hydrogen-bond acceptors (Lipinski definition) is 2. The Morgan fingerprint density at radius 1 is 1.29 bits per heavy atom. The van der Waals surface area contributed by atoms with E-state index in [2.05, 4.69) is 40.0 Å². The van der Waals surface area contributed by atoms with Crippen molar-refractivity contribution in [2.45, 2.75) is 32.7 Å². The Kier molecular flexibility index (Phi) is 6.14. The third-order valence-electron chi connectivity index (χ3n) is 4.20. The molecule has 1 unspecified atom stereocenters. The first-order valence-electron chi connectivity index (χ1n) is 7.64. The second-order valence-electron chi connectivity index (χ2n) is 5.75. The first kappa shape index (κ1) is 16.8. The van der Waals surface area contributed by atoms with E-state index in [1.165, 1.54) is 12.1 Å². The minimum Gasteiger partial charge on any atom is -0.314 e. The maximum Gasteiger partial charge on any atom is 0.145 e. The number of benzene rings is 1. The Morgan fingerprint density at radius 3 is 2.57 bits per heavy atom. The van der Waals surface area contributed by atoms with E-state index in [1.807, 2.05) is 0 Å². The number of hydrogen-bond donors (Lipinski definition) is 1. The molecule has 0 radical (unpaired) electrons. The van der Waals surface area contributed by atoms with Crippen LogP contribution in [0.2, 0.25) is 0 Å². The SMILES string of the molecule is CCCC(C)[C@H](c1c(F)ccc(Br)c1F)N1CCNCC1. The van der Waals surface area contributed by atoms with E-state index in [-0.39, 0.29) is 17.5 Å². The van der Waals surface area contributed by atoms with Gasteiger partial charge in [0.1, 0.15) is 11.6 Å². The third-order valence-corrected chi connectivity index (χ3v) is 4.82. The van der Waals surface area contributed by atoms with Gasteiger partial charge in [0.2, 0.25) is 0 Å². The van der Waals surface area contributed by atoms with Gasteiger partial charge in [0, 0.05) is 37.8 Å². The molecular weight excluding hydrogens is 338 g/mol. The maximum atomic E-state index is 14.5. The van der Waals surface area contributed by atoms with E-state index in [4.69, 9.17) is 0 Å². The van der Waals surface area contributed by atoms with Crippen molar-refractivity contribution in [3.63, 3.8) is 0 Å². The molecule has 1 N–H and O–H groups in total. The van der Waals surface area contributed by atoms with E-state index >= 15 is 0 Å². The van der Waals surface area contributed by atoms with Crippen LogP contribution in [-0.4, -0.2) is 31.1 Å². The lowest BCUT2D eigenvalue weighted by molar-refractivity contribution is 0.119. The van der Waals surface area contributed by atoms with Crippen LogP contribution >= 0.6 is 15.9 Å². The summed E-state index contributed by atoms with van der Waals surface area (Å²) in [6.45, 7) is 7.59. The summed E-state index contributed by atoms with van der Waals surface area (Å²) in [4.78, 5) is 2.21. The molecule has 2 nitrogen and oxygen atoms in total. The zero-order valence-corrected chi connectivity index (χ0v) is 14.2. The Bertz CT molecular complexity index is 476. The molecule has 0 amide bonds. The van der Waals surface area contributed by atoms with Gasteiger partial charge in [0.25, 0.3) is 0 Å². The Labute approximate surface area is 134 Å². The van der Waals surface area contributed by atoms with Crippen LogP contribution in [0.1, 0.15) is 38.3 Å². The number of nitrogens with one attached hydrogen (secondary N) is 1. The average molecular weight is 361 g/mol. The predicted molar refractivity (Wildman–Crippen MR) is 85.3 cm³/mol. The van der Waals surface area contributed by atoms with Crippen molar-refractivity contribution in [1.82, 2.24) is 10.2 Å². The van der Waals surface area contributed by atoms with Crippen molar-refractivity contribution in [3.8, 4) is 0 Å². The summed E-state index contributed by atoms with van der Waals surface area (Å²) in [6.07, 6.45) is 1.97. The van der Waals surface area contributed by atoms with Gasteiger partial charge in [-0.15, -0.1) is 0 Å². The van der Waals surface area contributed by atoms with Gasteiger partial charge in [-0.1, -0.05) is 20.3 Å². The second-order valence-corrected chi connectivity index (χ2v) is 6.61. The van der Waals surface area contributed by atoms with Gasteiger partial charge in [0.15, 0.2) is 0 Å². The zero-order chi connectivity index (χ0) is 15.4. The number of nitrogens with zero attached hydrogens (tertiary/aromatic N) is 1. The fraction of sp³-hybridized carbons (Fsp3) is 0.625. The predicted octanol–water partition coefficient (Wildman–Crippen LogP) is 4.11. The highest BCUT2D eigenvalue weighted by molar-refractivity contribution is 9.10. The summed E-state index contributed by atoms with van der Waals surface area (Å²) in [6, 6.07) is 2.59. The quantitative estimate of drug-likeness (QED) is 0.794. The lowest BCUT2D eigenvalue weighted by Gasteiger charge is -2.39. The first-order valence-corrected chi connectivity index (χ1v) is 8.43. The van der Waals surface area contributed by atoms with Crippen LogP contribution in [0.5, 0.6) is 0 Å². The monoisotopic (exact) mass is 360 g/mol. The lowest BCUT2D eigenvalue weighted by Crippen LogP contribution is -2.47. The van der Waals surface area contributed by atoms with Gasteiger partial charge in [-0.2, -0.15) is 0 Å². The van der Waals surface area contributed by atoms with Crippen LogP contribution in [0, 0.1) is 17.6 Å². The summed E-state index contributed by atoms with van der Waals surface area (Å²) < 4.78 is 29.2. The Balaban J connectivity index is 2.41. The van der Waals surface area contributed by atoms with Gasteiger partial charge in [0.05, 0.1) is 4.47 Å². The molecule has 1 aromatic rings. The van der Waals surface area contributed by atoms with E-state index in [1.54, 1.807) is 0 Å². The molecule has 0 saturated carbocycles. The number of piperazine rings is 1. The van der Waals surface area contributed by atoms with Crippen LogP contribution in [-0.2, 0) is 0 Å². The fourth-order valence-corrected chi connectivity index (χ4v) is 3.56. The summed E-state index contributed by atoms with van der Waals surface area (Å²) in [5.41, 5.74) is 0.215. The molecule has 118 valence electrons. The van der Waals surface area contributed by atoms with Gasteiger partial charge in [-0.05, 0) is 40.4 Å². The molecule has 1 aliphatic rings. The van der Waals surface area contributed by atoms with Crippen LogP contribution in [0.15, 0.2) is 16.6 Å². The van der Waals surface area contributed by atoms with Crippen LogP contribution < -0.4 is 5.32 Å². The molecule has 2 rings (SSSR count). The summed E-state index contributed by atoms with van der Waals surface area (Å²) >= 11 is 3.19. The molecule has 1 fully saturated rings. The van der Waals surface area contributed by atoms with Gasteiger partial charge in [-0.25, -0.2) is 8.78 Å². The standard InChI is InChI=1S/C16H23BrF2N2/c1-3-4-11(2)16(21-9-7-20-8-10-21)14-13(18)6-5-12(17)15(14)19/h5-6,11,16,20H,3-4,7-10H2,1-2H3/t11?,16-/m1/s1. The summed E-state index contributed by atoms with van der Waals surface area (Å²) in [5.74, 6) is -0.685. The lowest BCUT2D eigenvalue weighted by atomic mass is 9.88. The van der Waals surface area contributed by atoms with Crippen molar-refractivity contribution in [1.29, 1.82) is 0 Å². The van der Waals surface area contributed by atoms with Gasteiger partial charge >= 0.3 is 0 Å².